The molecule has 0 radical (unpaired) electrons. The Labute approximate surface area is 201 Å². The first-order valence-corrected chi connectivity index (χ1v) is 11.5. The van der Waals surface area contributed by atoms with E-state index in [4.69, 9.17) is 14.2 Å². The number of carbonyl (C=O) groups is 1. The normalized spacial score (nSPS) is 10.8. The van der Waals surface area contributed by atoms with Gasteiger partial charge in [-0.25, -0.2) is 4.79 Å². The van der Waals surface area contributed by atoms with Crippen LogP contribution in [0.2, 0.25) is 0 Å². The van der Waals surface area contributed by atoms with Gasteiger partial charge < -0.3 is 14.2 Å². The fourth-order valence-electron chi connectivity index (χ4n) is 4.31. The molecule has 0 fully saturated rings. The van der Waals surface area contributed by atoms with Crippen LogP contribution in [0.25, 0.3) is 10.8 Å². The van der Waals surface area contributed by atoms with Gasteiger partial charge in [0.1, 0.15) is 11.5 Å². The SMILES string of the molecule is COC(=O)c1ccc(CCc2cc(CCc3ccc4ccccc4c3)c(OC)cc2OC)cc1. The van der Waals surface area contributed by atoms with Crippen molar-refractivity contribution in [1.29, 1.82) is 0 Å². The molecule has 0 N–H and O–H groups in total. The first-order chi connectivity index (χ1) is 16.6. The van der Waals surface area contributed by atoms with Gasteiger partial charge in [-0.2, -0.15) is 0 Å². The summed E-state index contributed by atoms with van der Waals surface area (Å²) in [5.41, 5.74) is 5.35. The lowest BCUT2D eigenvalue weighted by Crippen LogP contribution is -2.03. The molecule has 0 aliphatic heterocycles. The van der Waals surface area contributed by atoms with Crippen molar-refractivity contribution in [2.24, 2.45) is 0 Å². The summed E-state index contributed by atoms with van der Waals surface area (Å²) in [6.45, 7) is 0. The van der Waals surface area contributed by atoms with Crippen molar-refractivity contribution in [1.82, 2.24) is 0 Å². The van der Waals surface area contributed by atoms with Crippen molar-refractivity contribution in [3.05, 3.63) is 107 Å². The van der Waals surface area contributed by atoms with Crippen molar-refractivity contribution >= 4 is 16.7 Å². The van der Waals surface area contributed by atoms with Crippen LogP contribution in [0, 0.1) is 0 Å². The van der Waals surface area contributed by atoms with E-state index in [2.05, 4.69) is 48.5 Å². The van der Waals surface area contributed by atoms with Gasteiger partial charge in [-0.1, -0.05) is 54.6 Å². The number of rotatable bonds is 9. The Morgan fingerprint density at radius 2 is 1.21 bits per heavy atom. The molecule has 174 valence electrons. The maximum Gasteiger partial charge on any atom is 0.337 e. The molecular formula is C30H30O4. The Hall–Kier alpha value is -3.79. The summed E-state index contributed by atoms with van der Waals surface area (Å²) in [6, 6.07) is 26.9. The van der Waals surface area contributed by atoms with E-state index in [1.807, 2.05) is 18.2 Å². The molecular weight excluding hydrogens is 424 g/mol. The fraction of sp³-hybridized carbons (Fsp3) is 0.233. The molecule has 4 heteroatoms. The van der Waals surface area contributed by atoms with Crippen LogP contribution in [0.5, 0.6) is 11.5 Å². The van der Waals surface area contributed by atoms with Crippen LogP contribution < -0.4 is 9.47 Å². The molecule has 4 aromatic carbocycles. The predicted molar refractivity (Wildman–Crippen MR) is 136 cm³/mol. The third-order valence-corrected chi connectivity index (χ3v) is 6.24. The number of hydrogen-bond acceptors (Lipinski definition) is 4. The molecule has 4 nitrogen and oxygen atoms in total. The van der Waals surface area contributed by atoms with Crippen LogP contribution in [0.1, 0.15) is 32.6 Å². The second-order valence-corrected chi connectivity index (χ2v) is 8.35. The molecule has 0 saturated heterocycles. The third-order valence-electron chi connectivity index (χ3n) is 6.24. The Morgan fingerprint density at radius 3 is 1.82 bits per heavy atom. The number of hydrogen-bond donors (Lipinski definition) is 0. The zero-order chi connectivity index (χ0) is 23.9. The minimum atomic E-state index is -0.320. The number of fused-ring (bicyclic) bond motifs is 1. The van der Waals surface area contributed by atoms with E-state index in [1.54, 1.807) is 26.4 Å². The lowest BCUT2D eigenvalue weighted by molar-refractivity contribution is 0.0600. The molecule has 0 aromatic heterocycles. The number of methoxy groups -OCH3 is 3. The molecule has 0 saturated carbocycles. The van der Waals surface area contributed by atoms with Gasteiger partial charge in [0.15, 0.2) is 0 Å². The minimum absolute atomic E-state index is 0.320. The molecule has 0 aliphatic rings. The molecule has 4 aromatic rings. The van der Waals surface area contributed by atoms with E-state index >= 15 is 0 Å². The van der Waals surface area contributed by atoms with E-state index in [-0.39, 0.29) is 5.97 Å². The number of ether oxygens (including phenoxy) is 3. The molecule has 0 aliphatic carbocycles. The number of esters is 1. The van der Waals surface area contributed by atoms with Crippen molar-refractivity contribution in [3.63, 3.8) is 0 Å². The second-order valence-electron chi connectivity index (χ2n) is 8.35. The summed E-state index contributed by atoms with van der Waals surface area (Å²) < 4.78 is 16.1. The molecule has 0 unspecified atom stereocenters. The van der Waals surface area contributed by atoms with Gasteiger partial charge in [-0.05, 0) is 76.9 Å². The van der Waals surface area contributed by atoms with E-state index in [1.165, 1.54) is 29.0 Å². The summed E-state index contributed by atoms with van der Waals surface area (Å²) in [5, 5.41) is 2.52. The zero-order valence-electron chi connectivity index (χ0n) is 20.0. The Bertz CT molecular complexity index is 1270. The molecule has 0 bridgehead atoms. The molecule has 0 spiro atoms. The summed E-state index contributed by atoms with van der Waals surface area (Å²) >= 11 is 0. The largest absolute Gasteiger partial charge is 0.496 e. The average Bonchev–Trinajstić information content (AvgIpc) is 2.90. The highest BCUT2D eigenvalue weighted by molar-refractivity contribution is 5.89. The highest BCUT2D eigenvalue weighted by Crippen LogP contribution is 2.31. The maximum atomic E-state index is 11.7. The second kappa shape index (κ2) is 10.9. The van der Waals surface area contributed by atoms with E-state index in [9.17, 15) is 4.79 Å². The molecule has 0 amide bonds. The lowest BCUT2D eigenvalue weighted by Gasteiger charge is -2.15. The monoisotopic (exact) mass is 454 g/mol. The van der Waals surface area contributed by atoms with Crippen LogP contribution in [-0.4, -0.2) is 27.3 Å². The maximum absolute atomic E-state index is 11.7. The first-order valence-electron chi connectivity index (χ1n) is 11.5. The number of carbonyl (C=O) groups excluding carboxylic acids is 1. The summed E-state index contributed by atoms with van der Waals surface area (Å²) in [7, 11) is 4.79. The lowest BCUT2D eigenvalue weighted by atomic mass is 9.96. The first kappa shape index (κ1) is 23.4. The summed E-state index contributed by atoms with van der Waals surface area (Å²) in [5.74, 6) is 1.36. The summed E-state index contributed by atoms with van der Waals surface area (Å²) in [6.07, 6.45) is 3.48. The van der Waals surface area contributed by atoms with E-state index in [0.717, 1.165) is 48.3 Å². The minimum Gasteiger partial charge on any atom is -0.496 e. The topological polar surface area (TPSA) is 44.8 Å². The van der Waals surface area contributed by atoms with Crippen LogP contribution in [0.15, 0.2) is 78.9 Å². The molecule has 0 heterocycles. The molecule has 4 rings (SSSR count). The van der Waals surface area contributed by atoms with E-state index in [0.29, 0.717) is 5.56 Å². The van der Waals surface area contributed by atoms with Crippen LogP contribution >= 0.6 is 0 Å². The smallest absolute Gasteiger partial charge is 0.337 e. The van der Waals surface area contributed by atoms with Crippen LogP contribution in [0.3, 0.4) is 0 Å². The van der Waals surface area contributed by atoms with Gasteiger partial charge in [0.05, 0.1) is 26.9 Å². The Balaban J connectivity index is 1.50. The number of aryl methyl sites for hydroxylation is 4. The Morgan fingerprint density at radius 1 is 0.618 bits per heavy atom. The van der Waals surface area contributed by atoms with Crippen LogP contribution in [0.4, 0.5) is 0 Å². The van der Waals surface area contributed by atoms with Crippen molar-refractivity contribution in [3.8, 4) is 11.5 Å². The van der Waals surface area contributed by atoms with Gasteiger partial charge in [0.2, 0.25) is 0 Å². The van der Waals surface area contributed by atoms with Gasteiger partial charge in [0, 0.05) is 6.07 Å². The van der Waals surface area contributed by atoms with Gasteiger partial charge in [0.25, 0.3) is 0 Å². The molecule has 0 atom stereocenters. The van der Waals surface area contributed by atoms with Crippen LogP contribution in [-0.2, 0) is 30.4 Å². The van der Waals surface area contributed by atoms with Crippen molar-refractivity contribution < 1.29 is 19.0 Å². The van der Waals surface area contributed by atoms with Crippen molar-refractivity contribution in [2.45, 2.75) is 25.7 Å². The van der Waals surface area contributed by atoms with Gasteiger partial charge in [-0.3, -0.25) is 0 Å². The standard InChI is InChI=1S/C30H30O4/c1-32-28-20-29(33-2)27(17-12-22-11-13-23-6-4-5-7-25(23)18-22)19-26(28)16-10-21-8-14-24(15-9-21)30(31)34-3/h4-9,11,13-15,18-20H,10,12,16-17H2,1-3H3. The quantitative estimate of drug-likeness (QED) is 0.282. The zero-order valence-corrected chi connectivity index (χ0v) is 20.0. The molecule has 34 heavy (non-hydrogen) atoms. The number of benzene rings is 4. The predicted octanol–water partition coefficient (Wildman–Crippen LogP) is 6.21. The average molecular weight is 455 g/mol. The summed E-state index contributed by atoms with van der Waals surface area (Å²) in [4.78, 5) is 11.7. The third kappa shape index (κ3) is 5.40. The van der Waals surface area contributed by atoms with Gasteiger partial charge in [-0.15, -0.1) is 0 Å². The highest BCUT2D eigenvalue weighted by Gasteiger charge is 2.12. The van der Waals surface area contributed by atoms with Gasteiger partial charge >= 0.3 is 5.97 Å². The van der Waals surface area contributed by atoms with E-state index < -0.39 is 0 Å². The fourth-order valence-corrected chi connectivity index (χ4v) is 4.31. The highest BCUT2D eigenvalue weighted by atomic mass is 16.5. The van der Waals surface area contributed by atoms with Crippen molar-refractivity contribution in [2.75, 3.05) is 21.3 Å². The Kier molecular flexibility index (Phi) is 7.48.